The highest BCUT2D eigenvalue weighted by Gasteiger charge is 2.47. The van der Waals surface area contributed by atoms with Crippen molar-refractivity contribution < 1.29 is 9.59 Å². The molecule has 0 aromatic rings. The van der Waals surface area contributed by atoms with E-state index in [1.165, 1.54) is 77.0 Å². The lowest BCUT2D eigenvalue weighted by Crippen LogP contribution is -2.34. The number of hydrogen-bond acceptors (Lipinski definition) is 4. The first-order chi connectivity index (χ1) is 15.6. The fourth-order valence-corrected chi connectivity index (χ4v) is 8.54. The second-order valence-electron chi connectivity index (χ2n) is 10.4. The smallest absolute Gasteiger partial charge is 0.238 e. The molecule has 182 valence electrons. The van der Waals surface area contributed by atoms with Crippen molar-refractivity contribution in [1.82, 2.24) is 10.3 Å². The average molecular weight is 481 g/mol. The van der Waals surface area contributed by atoms with Crippen molar-refractivity contribution in [3.8, 4) is 0 Å². The Morgan fingerprint density at radius 3 is 2.19 bits per heavy atom. The molecular weight excluding hydrogens is 435 g/mol. The quantitative estimate of drug-likeness (QED) is 0.0670. The average Bonchev–Trinajstić information content (AvgIpc) is 3.65. The molecule has 0 aromatic carbocycles. The number of hydrazine groups is 1. The van der Waals surface area contributed by atoms with Crippen molar-refractivity contribution in [2.75, 3.05) is 6.66 Å². The third-order valence-corrected chi connectivity index (χ3v) is 12.7. The van der Waals surface area contributed by atoms with E-state index in [0.29, 0.717) is 22.8 Å². The molecule has 0 saturated heterocycles. The summed E-state index contributed by atoms with van der Waals surface area (Å²) in [4.78, 5) is 27.0. The fourth-order valence-electron chi connectivity index (χ4n) is 4.90. The van der Waals surface area contributed by atoms with Gasteiger partial charge in [-0.15, -0.1) is 6.58 Å². The molecule has 0 radical (unpaired) electrons. The number of unbranched alkanes of at least 4 members (excludes halogenated alkanes) is 8. The summed E-state index contributed by atoms with van der Waals surface area (Å²) in [7, 11) is -0.153. The highest BCUT2D eigenvalue weighted by molar-refractivity contribution is 8.55. The third-order valence-electron chi connectivity index (χ3n) is 7.96. The van der Waals surface area contributed by atoms with Crippen LogP contribution in [0.15, 0.2) is 12.7 Å². The van der Waals surface area contributed by atoms with Gasteiger partial charge in [0.25, 0.3) is 0 Å². The third kappa shape index (κ3) is 8.44. The van der Waals surface area contributed by atoms with Gasteiger partial charge in [-0.05, 0) is 76.2 Å². The Balaban J connectivity index is 1.10. The zero-order valence-electron chi connectivity index (χ0n) is 20.2. The summed E-state index contributed by atoms with van der Waals surface area (Å²) < 4.78 is 0. The molecule has 0 aliphatic heterocycles. The van der Waals surface area contributed by atoms with Gasteiger partial charge < -0.3 is 0 Å². The Bertz CT molecular complexity index is 621. The molecule has 32 heavy (non-hydrogen) atoms. The molecule has 3 rings (SSSR count). The number of carbonyl (C=O) groups excluding carboxylic acids is 2. The lowest BCUT2D eigenvalue weighted by molar-refractivity contribution is -0.125. The van der Waals surface area contributed by atoms with Gasteiger partial charge in [0.2, 0.25) is 5.91 Å². The van der Waals surface area contributed by atoms with E-state index >= 15 is 0 Å². The number of nitrogens with one attached hydrogen (secondary N) is 2. The predicted octanol–water partition coefficient (Wildman–Crippen LogP) is 7.30. The molecule has 3 aliphatic carbocycles. The summed E-state index contributed by atoms with van der Waals surface area (Å²) in [6.45, 7) is 6.14. The first-order valence-corrected chi connectivity index (χ1v) is 16.4. The second kappa shape index (κ2) is 13.5. The van der Waals surface area contributed by atoms with Crippen LogP contribution in [0, 0.1) is 17.8 Å². The van der Waals surface area contributed by atoms with Gasteiger partial charge in [0.05, 0.1) is 0 Å². The van der Waals surface area contributed by atoms with Crippen molar-refractivity contribution in [1.29, 1.82) is 0 Å². The van der Waals surface area contributed by atoms with Gasteiger partial charge in [-0.3, -0.25) is 15.0 Å². The van der Waals surface area contributed by atoms with E-state index in [-0.39, 0.29) is 18.9 Å². The van der Waals surface area contributed by atoms with Gasteiger partial charge in [0, 0.05) is 23.4 Å². The van der Waals surface area contributed by atoms with Crippen molar-refractivity contribution in [3.63, 3.8) is 0 Å². The summed E-state index contributed by atoms with van der Waals surface area (Å²) in [6, 6.07) is 0. The predicted molar refractivity (Wildman–Crippen MR) is 139 cm³/mol. The maximum atomic E-state index is 12.0. The van der Waals surface area contributed by atoms with Crippen molar-refractivity contribution in [3.05, 3.63) is 12.7 Å². The normalized spacial score (nSPS) is 24.4. The van der Waals surface area contributed by atoms with E-state index in [4.69, 9.17) is 0 Å². The van der Waals surface area contributed by atoms with Gasteiger partial charge in [-0.1, -0.05) is 63.9 Å². The molecule has 0 heterocycles. The summed E-state index contributed by atoms with van der Waals surface area (Å²) in [5, 5.41) is 0.553. The first kappa shape index (κ1) is 26.2. The Labute approximate surface area is 201 Å². The number of hydrogen-bond donors (Lipinski definition) is 2. The van der Waals surface area contributed by atoms with Gasteiger partial charge in [-0.2, -0.15) is 4.83 Å². The number of carbonyl (C=O) groups is 2. The SMILES string of the molecule is C=CC1CC1C(=O)NNSP(C)C1(CCCCCCCCCCCC(=O)C2CCC2)CC1. The van der Waals surface area contributed by atoms with Crippen LogP contribution in [-0.4, -0.2) is 23.5 Å². The van der Waals surface area contributed by atoms with E-state index in [1.807, 2.05) is 6.08 Å². The molecular formula is C26H45N2O2PS. The summed E-state index contributed by atoms with van der Waals surface area (Å²) in [6.07, 6.45) is 23.1. The molecule has 3 unspecified atom stereocenters. The van der Waals surface area contributed by atoms with Gasteiger partial charge in [0.1, 0.15) is 5.78 Å². The second-order valence-corrected chi connectivity index (χ2v) is 14.9. The van der Waals surface area contributed by atoms with E-state index in [0.717, 1.165) is 32.1 Å². The maximum Gasteiger partial charge on any atom is 0.238 e. The number of allylic oxidation sites excluding steroid dienone is 1. The molecule has 3 fully saturated rings. The van der Waals surface area contributed by atoms with Gasteiger partial charge >= 0.3 is 0 Å². The number of Topliss-reactive ketones (excluding diaryl/α,β-unsaturated/α-hetero) is 1. The molecule has 0 aromatic heterocycles. The van der Waals surface area contributed by atoms with Crippen LogP contribution < -0.4 is 10.3 Å². The number of amides is 1. The topological polar surface area (TPSA) is 58.2 Å². The Kier molecular flexibility index (Phi) is 11.1. The molecule has 0 bridgehead atoms. The van der Waals surface area contributed by atoms with Gasteiger partial charge in [0.15, 0.2) is 0 Å². The van der Waals surface area contributed by atoms with Crippen LogP contribution in [0.5, 0.6) is 0 Å². The molecule has 2 N–H and O–H groups in total. The van der Waals surface area contributed by atoms with E-state index < -0.39 is 0 Å². The lowest BCUT2D eigenvalue weighted by atomic mass is 9.80. The molecule has 0 spiro atoms. The highest BCUT2D eigenvalue weighted by Crippen LogP contribution is 2.69. The standard InChI is InChI=1S/C26H45N2O2PS/c1-3-21-20-23(21)25(30)27-28-32-31(2)26(18-19-26)17-12-10-8-6-4-5-7-9-11-16-24(29)22-14-13-15-22/h3,21-23,28H,1,4-20H2,2H3,(H,27,30). The minimum Gasteiger partial charge on any atom is -0.299 e. The van der Waals surface area contributed by atoms with Crippen LogP contribution in [0.3, 0.4) is 0 Å². The Hall–Kier alpha value is -0.380. The Morgan fingerprint density at radius 1 is 1.03 bits per heavy atom. The summed E-state index contributed by atoms with van der Waals surface area (Å²) in [5.41, 5.74) is 2.89. The van der Waals surface area contributed by atoms with E-state index in [9.17, 15) is 9.59 Å². The van der Waals surface area contributed by atoms with Gasteiger partial charge in [-0.25, -0.2) is 0 Å². The van der Waals surface area contributed by atoms with Crippen LogP contribution >= 0.6 is 18.7 Å². The fraction of sp³-hybridized carbons (Fsp3) is 0.846. The number of rotatable bonds is 19. The maximum absolute atomic E-state index is 12.0. The van der Waals surface area contributed by atoms with Crippen LogP contribution in [0.25, 0.3) is 0 Å². The van der Waals surface area contributed by atoms with E-state index in [1.54, 1.807) is 11.6 Å². The van der Waals surface area contributed by atoms with Crippen LogP contribution in [0.4, 0.5) is 0 Å². The largest absolute Gasteiger partial charge is 0.299 e. The molecule has 3 saturated carbocycles. The minimum absolute atomic E-state index is 0.123. The zero-order valence-corrected chi connectivity index (χ0v) is 21.9. The Morgan fingerprint density at radius 2 is 1.66 bits per heavy atom. The number of ketones is 1. The molecule has 6 heteroatoms. The monoisotopic (exact) mass is 480 g/mol. The summed E-state index contributed by atoms with van der Waals surface area (Å²) >= 11 is 1.75. The summed E-state index contributed by atoms with van der Waals surface area (Å²) in [5.74, 6) is 1.62. The highest BCUT2D eigenvalue weighted by atomic mass is 32.7. The first-order valence-electron chi connectivity index (χ1n) is 13.2. The molecule has 3 atom stereocenters. The van der Waals surface area contributed by atoms with E-state index in [2.05, 4.69) is 23.5 Å². The minimum atomic E-state index is -0.153. The van der Waals surface area contributed by atoms with Crippen LogP contribution in [-0.2, 0) is 9.59 Å². The molecule has 1 amide bonds. The van der Waals surface area contributed by atoms with Crippen LogP contribution in [0.2, 0.25) is 0 Å². The molecule has 4 nitrogen and oxygen atoms in total. The van der Waals surface area contributed by atoms with Crippen molar-refractivity contribution >= 4 is 30.4 Å². The zero-order chi connectivity index (χ0) is 22.8. The van der Waals surface area contributed by atoms with Crippen molar-refractivity contribution in [2.45, 2.75) is 114 Å². The molecule has 3 aliphatic rings. The lowest BCUT2D eigenvalue weighted by Gasteiger charge is -2.23. The van der Waals surface area contributed by atoms with Crippen LogP contribution in [0.1, 0.15) is 109 Å². The van der Waals surface area contributed by atoms with Crippen molar-refractivity contribution in [2.24, 2.45) is 17.8 Å².